The molecule has 1 heterocycles. The van der Waals surface area contributed by atoms with Crippen LogP contribution in [0.2, 0.25) is 0 Å². The lowest BCUT2D eigenvalue weighted by atomic mass is 9.88. The van der Waals surface area contributed by atoms with Crippen molar-refractivity contribution in [2.45, 2.75) is 69.8 Å². The van der Waals surface area contributed by atoms with Crippen molar-refractivity contribution in [3.8, 4) is 5.75 Å². The van der Waals surface area contributed by atoms with Gasteiger partial charge >= 0.3 is 5.97 Å². The fourth-order valence-corrected chi connectivity index (χ4v) is 5.91. The van der Waals surface area contributed by atoms with Crippen LogP contribution >= 0.6 is 0 Å². The van der Waals surface area contributed by atoms with Gasteiger partial charge in [0.15, 0.2) is 0 Å². The number of ether oxygens (including phenoxy) is 2. The molecule has 5 rings (SSSR count). The van der Waals surface area contributed by atoms with E-state index in [4.69, 9.17) is 9.47 Å². The third-order valence-electron chi connectivity index (χ3n) is 7.66. The normalized spacial score (nSPS) is 24.6. The monoisotopic (exact) mass is 465 g/mol. The van der Waals surface area contributed by atoms with Crippen molar-refractivity contribution in [2.24, 2.45) is 11.8 Å². The Bertz CT molecular complexity index is 1040. The van der Waals surface area contributed by atoms with Gasteiger partial charge in [-0.25, -0.2) is 0 Å². The molecule has 2 aliphatic carbocycles. The number of β-amino-alcohol motifs (C(OH)–C–C–N with tert-alkyl or cyclic N) is 1. The van der Waals surface area contributed by atoms with Crippen molar-refractivity contribution in [3.05, 3.63) is 64.7 Å². The molecular weight excluding hydrogens is 430 g/mol. The minimum Gasteiger partial charge on any atom is -0.488 e. The van der Waals surface area contributed by atoms with Gasteiger partial charge < -0.3 is 25.0 Å². The zero-order valence-corrected chi connectivity index (χ0v) is 20.2. The molecule has 3 aliphatic rings. The highest BCUT2D eigenvalue weighted by Gasteiger charge is 2.63. The number of hydrogen-bond acceptors (Lipinski definition) is 5. The maximum absolute atomic E-state index is 11.3. The number of aliphatic hydroxyl groups is 1. The number of carboxylic acids is 1. The summed E-state index contributed by atoms with van der Waals surface area (Å²) >= 11 is 0. The molecule has 1 aliphatic heterocycles. The summed E-state index contributed by atoms with van der Waals surface area (Å²) in [4.78, 5) is 11.3. The Morgan fingerprint density at radius 2 is 1.88 bits per heavy atom. The number of benzene rings is 2. The fraction of sp³-hybridized carbons (Fsp3) is 0.536. The summed E-state index contributed by atoms with van der Waals surface area (Å²) in [5.74, 6) is 0.0959. The minimum atomic E-state index is -0.800. The topological polar surface area (TPSA) is 88.0 Å². The Labute approximate surface area is 201 Å². The van der Waals surface area contributed by atoms with Gasteiger partial charge in [-0.2, -0.15) is 0 Å². The van der Waals surface area contributed by atoms with Crippen LogP contribution in [0.25, 0.3) is 0 Å². The van der Waals surface area contributed by atoms with E-state index in [9.17, 15) is 15.0 Å². The Morgan fingerprint density at radius 1 is 1.18 bits per heavy atom. The van der Waals surface area contributed by atoms with E-state index in [1.165, 1.54) is 11.1 Å². The van der Waals surface area contributed by atoms with Gasteiger partial charge in [0.1, 0.15) is 17.8 Å². The second-order valence-electron chi connectivity index (χ2n) is 10.9. The van der Waals surface area contributed by atoms with Gasteiger partial charge in [-0.05, 0) is 57.1 Å². The molecule has 3 N–H and O–H groups in total. The Kier molecular flexibility index (Phi) is 6.17. The molecule has 182 valence electrons. The number of carboxylic acid groups (broad SMARTS) is 1. The van der Waals surface area contributed by atoms with Crippen LogP contribution in [0.5, 0.6) is 5.75 Å². The van der Waals surface area contributed by atoms with Crippen LogP contribution in [-0.2, 0) is 22.4 Å². The smallest absolute Gasteiger partial charge is 0.311 e. The highest BCUT2D eigenvalue weighted by atomic mass is 16.5. The van der Waals surface area contributed by atoms with E-state index < -0.39 is 18.0 Å². The van der Waals surface area contributed by atoms with Gasteiger partial charge in [0.05, 0.1) is 18.8 Å². The van der Waals surface area contributed by atoms with Crippen molar-refractivity contribution >= 4 is 5.97 Å². The molecule has 0 saturated heterocycles. The van der Waals surface area contributed by atoms with Crippen molar-refractivity contribution < 1.29 is 24.5 Å². The summed E-state index contributed by atoms with van der Waals surface area (Å²) in [5, 5.41) is 23.4. The van der Waals surface area contributed by atoms with Crippen LogP contribution in [0, 0.1) is 11.8 Å². The number of aliphatic hydroxyl groups excluding tert-OH is 1. The highest BCUT2D eigenvalue weighted by molar-refractivity contribution is 5.79. The maximum Gasteiger partial charge on any atom is 0.311 e. The van der Waals surface area contributed by atoms with E-state index in [1.54, 1.807) is 0 Å². The first-order valence-electron chi connectivity index (χ1n) is 12.4. The predicted molar refractivity (Wildman–Crippen MR) is 129 cm³/mol. The molecule has 6 heteroatoms. The summed E-state index contributed by atoms with van der Waals surface area (Å²) < 4.78 is 12.0. The number of rotatable bonds is 10. The molecule has 0 amide bonds. The molecule has 2 aromatic carbocycles. The number of aliphatic carboxylic acids is 1. The SMILES string of the molecule is CC(OCC(O)CNC(C)(C)CC1Cc2ccccc2C1)c1cccc2c1OC1C(C(=O)O)C21. The van der Waals surface area contributed by atoms with Gasteiger partial charge in [0.2, 0.25) is 0 Å². The first-order chi connectivity index (χ1) is 16.2. The Morgan fingerprint density at radius 3 is 2.56 bits per heavy atom. The van der Waals surface area contributed by atoms with Crippen LogP contribution in [0.3, 0.4) is 0 Å². The average Bonchev–Trinajstić information content (AvgIpc) is 3.16. The van der Waals surface area contributed by atoms with Gasteiger partial charge in [0.25, 0.3) is 0 Å². The quantitative estimate of drug-likeness (QED) is 0.494. The molecule has 0 bridgehead atoms. The Hall–Kier alpha value is -2.41. The number of para-hydroxylation sites is 1. The average molecular weight is 466 g/mol. The molecule has 34 heavy (non-hydrogen) atoms. The van der Waals surface area contributed by atoms with Crippen LogP contribution in [-0.4, -0.2) is 47.1 Å². The van der Waals surface area contributed by atoms with Crippen molar-refractivity contribution in [1.82, 2.24) is 5.32 Å². The fourth-order valence-electron chi connectivity index (χ4n) is 5.91. The van der Waals surface area contributed by atoms with Crippen molar-refractivity contribution in [3.63, 3.8) is 0 Å². The molecule has 5 unspecified atom stereocenters. The molecule has 0 aromatic heterocycles. The van der Waals surface area contributed by atoms with E-state index in [0.717, 1.165) is 36.1 Å². The predicted octanol–water partition coefficient (Wildman–Crippen LogP) is 3.86. The molecule has 0 radical (unpaired) electrons. The first kappa shape index (κ1) is 23.3. The van der Waals surface area contributed by atoms with Crippen molar-refractivity contribution in [2.75, 3.05) is 13.2 Å². The molecule has 2 aromatic rings. The van der Waals surface area contributed by atoms with Crippen LogP contribution in [0.4, 0.5) is 0 Å². The summed E-state index contributed by atoms with van der Waals surface area (Å²) in [7, 11) is 0. The molecule has 1 fully saturated rings. The summed E-state index contributed by atoms with van der Waals surface area (Å²) in [5.41, 5.74) is 4.74. The van der Waals surface area contributed by atoms with Crippen molar-refractivity contribution in [1.29, 1.82) is 0 Å². The van der Waals surface area contributed by atoms with Gasteiger partial charge in [-0.15, -0.1) is 0 Å². The number of carbonyl (C=O) groups is 1. The summed E-state index contributed by atoms with van der Waals surface area (Å²) in [6.45, 7) is 7.03. The lowest BCUT2D eigenvalue weighted by molar-refractivity contribution is -0.139. The van der Waals surface area contributed by atoms with Crippen LogP contribution in [0.1, 0.15) is 61.5 Å². The van der Waals surface area contributed by atoms with E-state index in [-0.39, 0.29) is 30.3 Å². The standard InChI is InChI=1S/C28H35NO5/c1-16(21-9-6-10-22-23-24(27(31)32)26(23)34-25(21)22)33-15-20(30)14-29-28(2,3)13-17-11-18-7-4-5-8-19(18)12-17/h4-10,16-17,20,23-24,26,29-30H,11-15H2,1-3H3,(H,31,32). The van der Waals surface area contributed by atoms with E-state index in [2.05, 4.69) is 43.4 Å². The highest BCUT2D eigenvalue weighted by Crippen LogP contribution is 2.59. The molecule has 5 atom stereocenters. The lowest BCUT2D eigenvalue weighted by Gasteiger charge is -2.31. The maximum atomic E-state index is 11.3. The second kappa shape index (κ2) is 8.99. The number of nitrogens with one attached hydrogen (secondary N) is 1. The van der Waals surface area contributed by atoms with Gasteiger partial charge in [-0.1, -0.05) is 42.5 Å². The van der Waals surface area contributed by atoms with E-state index >= 15 is 0 Å². The molecule has 1 saturated carbocycles. The van der Waals surface area contributed by atoms with Gasteiger partial charge in [-0.3, -0.25) is 4.79 Å². The van der Waals surface area contributed by atoms with Crippen LogP contribution in [0.15, 0.2) is 42.5 Å². The number of hydrogen-bond donors (Lipinski definition) is 3. The molecule has 0 spiro atoms. The summed E-state index contributed by atoms with van der Waals surface area (Å²) in [6, 6.07) is 14.5. The van der Waals surface area contributed by atoms with Crippen LogP contribution < -0.4 is 10.1 Å². The Balaban J connectivity index is 1.09. The first-order valence-corrected chi connectivity index (χ1v) is 12.4. The third-order valence-corrected chi connectivity index (χ3v) is 7.66. The third kappa shape index (κ3) is 4.59. The van der Waals surface area contributed by atoms with Gasteiger partial charge in [0, 0.05) is 29.1 Å². The van der Waals surface area contributed by atoms with E-state index in [0.29, 0.717) is 12.5 Å². The lowest BCUT2D eigenvalue weighted by Crippen LogP contribution is -2.45. The minimum absolute atomic E-state index is 0.0515. The largest absolute Gasteiger partial charge is 0.488 e. The zero-order chi connectivity index (χ0) is 24.0. The number of fused-ring (bicyclic) bond motifs is 4. The molecular formula is C28H35NO5. The molecule has 6 nitrogen and oxygen atoms in total. The van der Waals surface area contributed by atoms with E-state index in [1.807, 2.05) is 25.1 Å². The second-order valence-corrected chi connectivity index (χ2v) is 10.9. The summed E-state index contributed by atoms with van der Waals surface area (Å²) in [6.07, 6.45) is 2.18. The zero-order valence-electron chi connectivity index (χ0n) is 20.2.